The summed E-state index contributed by atoms with van der Waals surface area (Å²) in [5, 5.41) is 7.04. The van der Waals surface area contributed by atoms with E-state index in [-0.39, 0.29) is 5.91 Å². The lowest BCUT2D eigenvalue weighted by Crippen LogP contribution is -2.24. The molecule has 1 aromatic carbocycles. The zero-order chi connectivity index (χ0) is 13.2. The van der Waals surface area contributed by atoms with Crippen LogP contribution in [-0.4, -0.2) is 30.6 Å². The third kappa shape index (κ3) is 1.97. The number of anilines is 1. The summed E-state index contributed by atoms with van der Waals surface area (Å²) in [6, 6.07) is 5.76. The molecule has 1 amide bonds. The monoisotopic (exact) mass is 257 g/mol. The molecular formula is C14H15N3O2. The van der Waals surface area contributed by atoms with Crippen molar-refractivity contribution in [2.45, 2.75) is 6.92 Å². The van der Waals surface area contributed by atoms with Gasteiger partial charge in [-0.3, -0.25) is 9.78 Å². The van der Waals surface area contributed by atoms with Gasteiger partial charge in [-0.1, -0.05) is 12.1 Å². The molecule has 0 unspecified atom stereocenters. The van der Waals surface area contributed by atoms with Gasteiger partial charge in [0.05, 0.1) is 17.9 Å². The van der Waals surface area contributed by atoms with Crippen LogP contribution < -0.4 is 15.4 Å². The lowest BCUT2D eigenvalue weighted by Gasteiger charge is -2.12. The van der Waals surface area contributed by atoms with E-state index in [2.05, 4.69) is 15.6 Å². The molecule has 1 aliphatic rings. The second kappa shape index (κ2) is 4.76. The Morgan fingerprint density at radius 1 is 1.32 bits per heavy atom. The normalized spacial score (nSPS) is 14.3. The number of hydrogen-bond donors (Lipinski definition) is 2. The fraction of sp³-hybridized carbons (Fsp3) is 0.286. The Morgan fingerprint density at radius 2 is 2.16 bits per heavy atom. The van der Waals surface area contributed by atoms with Gasteiger partial charge >= 0.3 is 0 Å². The molecule has 0 aliphatic carbocycles. The molecule has 5 nitrogen and oxygen atoms in total. The van der Waals surface area contributed by atoms with Crippen molar-refractivity contribution >= 4 is 22.5 Å². The van der Waals surface area contributed by atoms with Gasteiger partial charge in [0.1, 0.15) is 11.3 Å². The van der Waals surface area contributed by atoms with Crippen molar-refractivity contribution < 1.29 is 9.53 Å². The predicted octanol–water partition coefficient (Wildman–Crippen LogP) is 1.79. The Labute approximate surface area is 111 Å². The minimum Gasteiger partial charge on any atom is -0.492 e. The quantitative estimate of drug-likeness (QED) is 0.861. The fourth-order valence-electron chi connectivity index (χ4n) is 2.29. The second-order valence-electron chi connectivity index (χ2n) is 4.31. The molecular weight excluding hydrogens is 242 g/mol. The summed E-state index contributed by atoms with van der Waals surface area (Å²) in [5.41, 5.74) is 2.20. The first-order valence-electron chi connectivity index (χ1n) is 6.38. The number of rotatable bonds is 2. The number of hydrogen-bond acceptors (Lipinski definition) is 4. The molecule has 1 aromatic heterocycles. The molecule has 0 saturated carbocycles. The average molecular weight is 257 g/mol. The van der Waals surface area contributed by atoms with Crippen LogP contribution >= 0.6 is 0 Å². The van der Waals surface area contributed by atoms with Gasteiger partial charge in [-0.15, -0.1) is 0 Å². The summed E-state index contributed by atoms with van der Waals surface area (Å²) < 4.78 is 5.58. The molecule has 19 heavy (non-hydrogen) atoms. The Morgan fingerprint density at radius 3 is 3.00 bits per heavy atom. The van der Waals surface area contributed by atoms with Crippen molar-refractivity contribution in [2.75, 3.05) is 25.0 Å². The van der Waals surface area contributed by atoms with E-state index in [0.717, 1.165) is 22.3 Å². The zero-order valence-electron chi connectivity index (χ0n) is 10.7. The maximum atomic E-state index is 11.9. The number of nitrogens with zero attached hydrogens (tertiary/aromatic N) is 1. The SMILES string of the molecule is CCOc1cccc2c3c(cnc12)C(=O)NCCN3. The van der Waals surface area contributed by atoms with Crippen molar-refractivity contribution in [1.29, 1.82) is 0 Å². The summed E-state index contributed by atoms with van der Waals surface area (Å²) in [4.78, 5) is 16.3. The summed E-state index contributed by atoms with van der Waals surface area (Å²) in [7, 11) is 0. The number of amides is 1. The first-order valence-corrected chi connectivity index (χ1v) is 6.38. The van der Waals surface area contributed by atoms with Gasteiger partial charge in [0.2, 0.25) is 0 Å². The van der Waals surface area contributed by atoms with Gasteiger partial charge in [-0.05, 0) is 13.0 Å². The molecule has 0 bridgehead atoms. The maximum Gasteiger partial charge on any atom is 0.255 e. The smallest absolute Gasteiger partial charge is 0.255 e. The van der Waals surface area contributed by atoms with Crippen molar-refractivity contribution in [2.24, 2.45) is 0 Å². The Hall–Kier alpha value is -2.30. The number of pyridine rings is 1. The minimum absolute atomic E-state index is 0.0868. The number of aromatic nitrogens is 1. The van der Waals surface area contributed by atoms with Crippen LogP contribution in [0.25, 0.3) is 10.9 Å². The van der Waals surface area contributed by atoms with E-state index in [1.54, 1.807) is 6.20 Å². The average Bonchev–Trinajstić information content (AvgIpc) is 2.62. The summed E-state index contributed by atoms with van der Waals surface area (Å²) in [5.74, 6) is 0.658. The topological polar surface area (TPSA) is 63.2 Å². The van der Waals surface area contributed by atoms with Crippen LogP contribution in [0.4, 0.5) is 5.69 Å². The molecule has 0 spiro atoms. The molecule has 98 valence electrons. The van der Waals surface area contributed by atoms with Gasteiger partial charge in [0, 0.05) is 24.7 Å². The third-order valence-electron chi connectivity index (χ3n) is 3.12. The number of fused-ring (bicyclic) bond motifs is 3. The highest BCUT2D eigenvalue weighted by molar-refractivity contribution is 6.08. The number of nitrogens with one attached hydrogen (secondary N) is 2. The highest BCUT2D eigenvalue weighted by Gasteiger charge is 2.19. The Kier molecular flexibility index (Phi) is 2.95. The standard InChI is InChI=1S/C14H15N3O2/c1-2-19-11-5-3-4-9-12-10(8-17-13(9)11)14(18)16-7-6-15-12/h3-5,8,15H,2,6-7H2,1H3,(H,16,18). The molecule has 2 N–H and O–H groups in total. The maximum absolute atomic E-state index is 11.9. The van der Waals surface area contributed by atoms with Crippen molar-refractivity contribution in [1.82, 2.24) is 10.3 Å². The van der Waals surface area contributed by atoms with Crippen LogP contribution in [0.5, 0.6) is 5.75 Å². The van der Waals surface area contributed by atoms with Crippen LogP contribution in [0, 0.1) is 0 Å². The first kappa shape index (κ1) is 11.8. The molecule has 0 radical (unpaired) electrons. The van der Waals surface area contributed by atoms with E-state index in [1.165, 1.54) is 0 Å². The summed E-state index contributed by atoms with van der Waals surface area (Å²) in [6.07, 6.45) is 1.60. The molecule has 1 aliphatic heterocycles. The molecule has 3 rings (SSSR count). The lowest BCUT2D eigenvalue weighted by atomic mass is 10.1. The number of benzene rings is 1. The van der Waals surface area contributed by atoms with Crippen LogP contribution in [0.3, 0.4) is 0 Å². The molecule has 5 heteroatoms. The minimum atomic E-state index is -0.0868. The van der Waals surface area contributed by atoms with E-state index in [0.29, 0.717) is 25.3 Å². The largest absolute Gasteiger partial charge is 0.492 e. The van der Waals surface area contributed by atoms with Crippen molar-refractivity contribution in [3.63, 3.8) is 0 Å². The van der Waals surface area contributed by atoms with Gasteiger partial charge in [-0.25, -0.2) is 0 Å². The van der Waals surface area contributed by atoms with E-state index >= 15 is 0 Å². The second-order valence-corrected chi connectivity index (χ2v) is 4.31. The molecule has 0 fully saturated rings. The number of para-hydroxylation sites is 1. The van der Waals surface area contributed by atoms with Gasteiger partial charge in [0.15, 0.2) is 0 Å². The van der Waals surface area contributed by atoms with E-state index < -0.39 is 0 Å². The van der Waals surface area contributed by atoms with Crippen LogP contribution in [0.2, 0.25) is 0 Å². The molecule has 2 heterocycles. The van der Waals surface area contributed by atoms with Gasteiger partial charge in [0.25, 0.3) is 5.91 Å². The van der Waals surface area contributed by atoms with E-state index in [1.807, 2.05) is 25.1 Å². The van der Waals surface area contributed by atoms with E-state index in [9.17, 15) is 4.79 Å². The highest BCUT2D eigenvalue weighted by atomic mass is 16.5. The molecule has 2 aromatic rings. The van der Waals surface area contributed by atoms with Crippen LogP contribution in [0.15, 0.2) is 24.4 Å². The number of ether oxygens (including phenoxy) is 1. The Balaban J connectivity index is 2.24. The van der Waals surface area contributed by atoms with Crippen LogP contribution in [0.1, 0.15) is 17.3 Å². The number of carbonyl (C=O) groups is 1. The molecule has 0 saturated heterocycles. The summed E-state index contributed by atoms with van der Waals surface area (Å²) in [6.45, 7) is 3.84. The fourth-order valence-corrected chi connectivity index (χ4v) is 2.29. The zero-order valence-corrected chi connectivity index (χ0v) is 10.7. The summed E-state index contributed by atoms with van der Waals surface area (Å²) >= 11 is 0. The molecule has 0 atom stereocenters. The van der Waals surface area contributed by atoms with Crippen LogP contribution in [-0.2, 0) is 0 Å². The van der Waals surface area contributed by atoms with Gasteiger partial charge < -0.3 is 15.4 Å². The Bertz CT molecular complexity index is 640. The van der Waals surface area contributed by atoms with Crippen molar-refractivity contribution in [3.05, 3.63) is 30.0 Å². The predicted molar refractivity (Wildman–Crippen MR) is 73.7 cm³/mol. The van der Waals surface area contributed by atoms with E-state index in [4.69, 9.17) is 4.74 Å². The number of carbonyl (C=O) groups excluding carboxylic acids is 1. The lowest BCUT2D eigenvalue weighted by molar-refractivity contribution is 0.0957. The van der Waals surface area contributed by atoms with Crippen molar-refractivity contribution in [3.8, 4) is 5.75 Å². The van der Waals surface area contributed by atoms with Gasteiger partial charge in [-0.2, -0.15) is 0 Å². The third-order valence-corrected chi connectivity index (χ3v) is 3.12. The highest BCUT2D eigenvalue weighted by Crippen LogP contribution is 2.32. The first-order chi connectivity index (χ1) is 9.31.